The first-order chi connectivity index (χ1) is 15.5. The quantitative estimate of drug-likeness (QED) is 0.530. The minimum Gasteiger partial charge on any atom is -0.461 e. The van der Waals surface area contributed by atoms with Gasteiger partial charge in [-0.05, 0) is 81.6 Å². The van der Waals surface area contributed by atoms with Crippen LogP contribution in [-0.2, 0) is 14.3 Å². The van der Waals surface area contributed by atoms with Gasteiger partial charge in [-0.2, -0.15) is 0 Å². The number of hydrogen-bond donors (Lipinski definition) is 0. The number of carbonyl (C=O) groups excluding carboxylic acids is 1. The summed E-state index contributed by atoms with van der Waals surface area (Å²) in [5.41, 5.74) is 0. The highest BCUT2D eigenvalue weighted by Crippen LogP contribution is 2.39. The van der Waals surface area contributed by atoms with Crippen LogP contribution in [-0.4, -0.2) is 66.9 Å². The van der Waals surface area contributed by atoms with Crippen molar-refractivity contribution in [3.05, 3.63) is 0 Å². The van der Waals surface area contributed by atoms with Crippen LogP contribution < -0.4 is 0 Å². The van der Waals surface area contributed by atoms with E-state index in [1.165, 1.54) is 70.8 Å². The predicted molar refractivity (Wildman–Crippen MR) is 128 cm³/mol. The second-order valence-corrected chi connectivity index (χ2v) is 11.7. The fourth-order valence-corrected chi connectivity index (χ4v) is 7.28. The van der Waals surface area contributed by atoms with Crippen LogP contribution >= 0.6 is 0 Å². The maximum Gasteiger partial charge on any atom is 0.320 e. The van der Waals surface area contributed by atoms with E-state index in [0.717, 1.165) is 18.9 Å². The van der Waals surface area contributed by atoms with Crippen LogP contribution in [0.3, 0.4) is 0 Å². The zero-order valence-electron chi connectivity index (χ0n) is 21.1. The number of fused-ring (bicyclic) bond motifs is 1. The van der Waals surface area contributed by atoms with E-state index in [1.807, 2.05) is 7.11 Å². The summed E-state index contributed by atoms with van der Waals surface area (Å²) in [6.07, 6.45) is 14.5. The van der Waals surface area contributed by atoms with Crippen molar-refractivity contribution < 1.29 is 14.3 Å². The fraction of sp³-hybridized carbons (Fsp3) is 0.963. The highest BCUT2D eigenvalue weighted by molar-refractivity contribution is 5.72. The molecule has 0 bridgehead atoms. The maximum absolute atomic E-state index is 13.2. The summed E-state index contributed by atoms with van der Waals surface area (Å²) in [6, 6.07) is 0.599. The number of carbonyl (C=O) groups is 1. The van der Waals surface area contributed by atoms with Gasteiger partial charge in [0.2, 0.25) is 0 Å². The molecule has 4 aliphatic rings. The average molecular weight is 449 g/mol. The summed E-state index contributed by atoms with van der Waals surface area (Å²) < 4.78 is 11.8. The van der Waals surface area contributed by atoms with Crippen molar-refractivity contribution in [3.8, 4) is 0 Å². The van der Waals surface area contributed by atoms with Crippen LogP contribution in [0.15, 0.2) is 0 Å². The van der Waals surface area contributed by atoms with Crippen molar-refractivity contribution in [1.82, 2.24) is 9.80 Å². The Kier molecular flexibility index (Phi) is 8.55. The van der Waals surface area contributed by atoms with E-state index in [2.05, 4.69) is 30.6 Å². The molecule has 2 aliphatic carbocycles. The molecule has 4 fully saturated rings. The van der Waals surface area contributed by atoms with Crippen molar-refractivity contribution in [2.24, 2.45) is 23.7 Å². The summed E-state index contributed by atoms with van der Waals surface area (Å²) in [7, 11) is 1.86. The highest BCUT2D eigenvalue weighted by Gasteiger charge is 2.44. The Balaban J connectivity index is 1.39. The van der Waals surface area contributed by atoms with Gasteiger partial charge in [0.15, 0.2) is 0 Å². The standard InChI is InChI=1S/C27H48N2O3/c1-19(2)23-14-9-20(3)16-25(23)32-27(30)18-28-17-24(21-10-12-22(31-4)13-11-21)29-15-7-5-6-8-26(28)29/h19-26H,5-18H2,1-4H3/t20-,21?,22?,23+,24?,25-,26?/m0/s1. The average Bonchev–Trinajstić information content (AvgIpc) is 2.94. The molecule has 5 heteroatoms. The molecule has 0 aromatic rings. The molecule has 32 heavy (non-hydrogen) atoms. The van der Waals surface area contributed by atoms with Gasteiger partial charge < -0.3 is 9.47 Å². The third kappa shape index (κ3) is 5.70. The van der Waals surface area contributed by atoms with Gasteiger partial charge in [-0.3, -0.25) is 14.6 Å². The first-order valence-corrected chi connectivity index (χ1v) is 13.7. The Labute approximate surface area is 196 Å². The molecule has 2 aliphatic heterocycles. The molecule has 4 rings (SSSR count). The molecular formula is C27H48N2O3. The van der Waals surface area contributed by atoms with Gasteiger partial charge >= 0.3 is 5.97 Å². The molecule has 0 spiro atoms. The molecule has 184 valence electrons. The lowest BCUT2D eigenvalue weighted by Crippen LogP contribution is -2.44. The molecule has 0 aromatic heterocycles. The van der Waals surface area contributed by atoms with Gasteiger partial charge in [0.25, 0.3) is 0 Å². The van der Waals surface area contributed by atoms with E-state index in [9.17, 15) is 4.79 Å². The Morgan fingerprint density at radius 3 is 2.50 bits per heavy atom. The minimum atomic E-state index is 0.0164. The van der Waals surface area contributed by atoms with E-state index < -0.39 is 0 Å². The molecule has 0 aromatic carbocycles. The lowest BCUT2D eigenvalue weighted by Gasteiger charge is -2.37. The van der Waals surface area contributed by atoms with Gasteiger partial charge in [-0.15, -0.1) is 0 Å². The Bertz CT molecular complexity index is 604. The molecule has 0 N–H and O–H groups in total. The number of nitrogens with zero attached hydrogens (tertiary/aromatic N) is 2. The molecule has 5 atom stereocenters. The smallest absolute Gasteiger partial charge is 0.320 e. The van der Waals surface area contributed by atoms with Gasteiger partial charge in [0.05, 0.1) is 18.8 Å². The van der Waals surface area contributed by atoms with Crippen molar-refractivity contribution >= 4 is 5.97 Å². The van der Waals surface area contributed by atoms with Crippen molar-refractivity contribution in [3.63, 3.8) is 0 Å². The van der Waals surface area contributed by atoms with E-state index in [0.29, 0.717) is 42.6 Å². The van der Waals surface area contributed by atoms with E-state index >= 15 is 0 Å². The van der Waals surface area contributed by atoms with Crippen LogP contribution in [0, 0.1) is 23.7 Å². The normalized spacial score (nSPS) is 39.6. The van der Waals surface area contributed by atoms with E-state index in [-0.39, 0.29) is 12.1 Å². The summed E-state index contributed by atoms with van der Waals surface area (Å²) >= 11 is 0. The summed E-state index contributed by atoms with van der Waals surface area (Å²) in [4.78, 5) is 18.4. The molecule has 5 nitrogen and oxygen atoms in total. The van der Waals surface area contributed by atoms with Crippen molar-refractivity contribution in [2.45, 2.75) is 116 Å². The minimum absolute atomic E-state index is 0.0164. The van der Waals surface area contributed by atoms with Crippen molar-refractivity contribution in [1.29, 1.82) is 0 Å². The lowest BCUT2D eigenvalue weighted by molar-refractivity contribution is -0.157. The number of methoxy groups -OCH3 is 1. The van der Waals surface area contributed by atoms with E-state index in [1.54, 1.807) is 0 Å². The maximum atomic E-state index is 13.2. The lowest BCUT2D eigenvalue weighted by atomic mass is 9.75. The molecule has 2 heterocycles. The number of rotatable bonds is 6. The first kappa shape index (κ1) is 24.5. The topological polar surface area (TPSA) is 42.0 Å². The van der Waals surface area contributed by atoms with Gasteiger partial charge in [-0.1, -0.05) is 40.0 Å². The molecule has 2 saturated carbocycles. The Hall–Kier alpha value is -0.650. The van der Waals surface area contributed by atoms with Crippen LogP contribution in [0.4, 0.5) is 0 Å². The monoisotopic (exact) mass is 448 g/mol. The number of hydrogen-bond acceptors (Lipinski definition) is 5. The van der Waals surface area contributed by atoms with Crippen LogP contribution in [0.1, 0.15) is 91.4 Å². The summed E-state index contributed by atoms with van der Waals surface area (Å²) in [6.45, 7) is 9.59. The fourth-order valence-electron chi connectivity index (χ4n) is 7.28. The predicted octanol–water partition coefficient (Wildman–Crippen LogP) is 5.08. The summed E-state index contributed by atoms with van der Waals surface area (Å²) in [5, 5.41) is 0. The third-order valence-corrected chi connectivity index (χ3v) is 9.20. The van der Waals surface area contributed by atoms with Crippen LogP contribution in [0.5, 0.6) is 0 Å². The second-order valence-electron chi connectivity index (χ2n) is 11.7. The zero-order valence-corrected chi connectivity index (χ0v) is 21.1. The van der Waals surface area contributed by atoms with Gasteiger partial charge in [0.1, 0.15) is 6.10 Å². The Morgan fingerprint density at radius 1 is 1.00 bits per heavy atom. The molecular weight excluding hydrogens is 400 g/mol. The second kappa shape index (κ2) is 11.2. The first-order valence-electron chi connectivity index (χ1n) is 13.7. The SMILES string of the molecule is COC1CCC(C2CN(CC(=O)O[C@H]3C[C@@H](C)CC[C@@H]3C(C)C)C3CCCCCN23)CC1. The third-order valence-electron chi connectivity index (χ3n) is 9.20. The molecule has 2 saturated heterocycles. The number of esters is 1. The van der Waals surface area contributed by atoms with Gasteiger partial charge in [-0.25, -0.2) is 0 Å². The van der Waals surface area contributed by atoms with Crippen LogP contribution in [0.25, 0.3) is 0 Å². The largest absolute Gasteiger partial charge is 0.461 e. The highest BCUT2D eigenvalue weighted by atomic mass is 16.5. The van der Waals surface area contributed by atoms with E-state index in [4.69, 9.17) is 9.47 Å². The molecule has 2 unspecified atom stereocenters. The Morgan fingerprint density at radius 2 is 1.78 bits per heavy atom. The summed E-state index contributed by atoms with van der Waals surface area (Å²) in [5.74, 6) is 2.52. The van der Waals surface area contributed by atoms with Crippen molar-refractivity contribution in [2.75, 3.05) is 26.7 Å². The number of ether oxygens (including phenoxy) is 2. The molecule has 0 radical (unpaired) electrons. The zero-order chi connectivity index (χ0) is 22.7. The molecule has 0 amide bonds. The van der Waals surface area contributed by atoms with Crippen LogP contribution in [0.2, 0.25) is 0 Å². The van der Waals surface area contributed by atoms with Gasteiger partial charge in [0, 0.05) is 19.7 Å².